The van der Waals surface area contributed by atoms with Crippen LogP contribution in [-0.2, 0) is 16.1 Å². The van der Waals surface area contributed by atoms with Crippen molar-refractivity contribution >= 4 is 11.8 Å². The molecule has 2 heterocycles. The minimum absolute atomic E-state index is 0.0700. The van der Waals surface area contributed by atoms with E-state index in [9.17, 15) is 9.59 Å². The van der Waals surface area contributed by atoms with Gasteiger partial charge in [-0.3, -0.25) is 14.5 Å². The predicted molar refractivity (Wildman–Crippen MR) is 100 cm³/mol. The lowest BCUT2D eigenvalue weighted by atomic mass is 10.2. The van der Waals surface area contributed by atoms with Gasteiger partial charge in [-0.25, -0.2) is 0 Å². The Morgan fingerprint density at radius 2 is 2.04 bits per heavy atom. The van der Waals surface area contributed by atoms with Crippen LogP contribution in [0.25, 0.3) is 0 Å². The van der Waals surface area contributed by atoms with Crippen molar-refractivity contribution in [2.75, 3.05) is 26.2 Å². The van der Waals surface area contributed by atoms with Crippen molar-refractivity contribution in [1.82, 2.24) is 15.5 Å². The van der Waals surface area contributed by atoms with E-state index in [1.54, 1.807) is 19.1 Å². The summed E-state index contributed by atoms with van der Waals surface area (Å²) in [6, 6.07) is 12.8. The van der Waals surface area contributed by atoms with Crippen molar-refractivity contribution in [3.63, 3.8) is 0 Å². The van der Waals surface area contributed by atoms with Gasteiger partial charge in [-0.1, -0.05) is 30.3 Å². The van der Waals surface area contributed by atoms with Crippen LogP contribution in [0.15, 0.2) is 53.1 Å². The molecule has 2 unspecified atom stereocenters. The lowest BCUT2D eigenvalue weighted by molar-refractivity contribution is -0.123. The summed E-state index contributed by atoms with van der Waals surface area (Å²) < 4.78 is 10.8. The Hall–Kier alpha value is -2.64. The standard InChI is InChI=1S/C20H25N3O4/c1-15(22-20(25)18-8-5-10-27-18)19(24)21-12-17-14-23(9-11-26-17)13-16-6-3-2-4-7-16/h2-8,10,15,17H,9,11-14H2,1H3,(H,21,24)(H,22,25). The van der Waals surface area contributed by atoms with Crippen LogP contribution in [0, 0.1) is 0 Å². The van der Waals surface area contributed by atoms with Crippen LogP contribution in [0.2, 0.25) is 0 Å². The van der Waals surface area contributed by atoms with Crippen molar-refractivity contribution in [3.8, 4) is 0 Å². The molecule has 7 nitrogen and oxygen atoms in total. The maximum atomic E-state index is 12.2. The minimum Gasteiger partial charge on any atom is -0.459 e. The number of rotatable bonds is 7. The van der Waals surface area contributed by atoms with E-state index in [4.69, 9.17) is 9.15 Å². The number of morpholine rings is 1. The zero-order chi connectivity index (χ0) is 19.1. The van der Waals surface area contributed by atoms with Gasteiger partial charge >= 0.3 is 0 Å². The number of hydrogen-bond donors (Lipinski definition) is 2. The first kappa shape index (κ1) is 19.1. The van der Waals surface area contributed by atoms with Gasteiger partial charge in [0.15, 0.2) is 5.76 Å². The molecule has 1 saturated heterocycles. The molecular formula is C20H25N3O4. The molecule has 1 aliphatic heterocycles. The smallest absolute Gasteiger partial charge is 0.287 e. The summed E-state index contributed by atoms with van der Waals surface area (Å²) >= 11 is 0. The molecule has 0 radical (unpaired) electrons. The average Bonchev–Trinajstić information content (AvgIpc) is 3.22. The zero-order valence-corrected chi connectivity index (χ0v) is 15.4. The average molecular weight is 371 g/mol. The fourth-order valence-corrected chi connectivity index (χ4v) is 3.00. The molecule has 0 bridgehead atoms. The highest BCUT2D eigenvalue weighted by atomic mass is 16.5. The molecule has 1 aromatic heterocycles. The molecule has 0 saturated carbocycles. The highest BCUT2D eigenvalue weighted by molar-refractivity contribution is 5.95. The van der Waals surface area contributed by atoms with Gasteiger partial charge in [0.2, 0.25) is 5.91 Å². The molecule has 1 aromatic carbocycles. The second-order valence-electron chi connectivity index (χ2n) is 6.63. The molecule has 0 aliphatic carbocycles. The molecular weight excluding hydrogens is 346 g/mol. The van der Waals surface area contributed by atoms with Gasteiger partial charge in [0.05, 0.1) is 19.0 Å². The molecule has 2 aromatic rings. The number of carbonyl (C=O) groups excluding carboxylic acids is 2. The largest absolute Gasteiger partial charge is 0.459 e. The van der Waals surface area contributed by atoms with Gasteiger partial charge in [0, 0.05) is 26.2 Å². The SMILES string of the molecule is CC(NC(=O)c1ccco1)C(=O)NCC1CN(Cc2ccccc2)CCO1. The van der Waals surface area contributed by atoms with E-state index >= 15 is 0 Å². The third kappa shape index (κ3) is 5.67. The second kappa shape index (κ2) is 9.34. The topological polar surface area (TPSA) is 83.8 Å². The summed E-state index contributed by atoms with van der Waals surface area (Å²) in [6.45, 7) is 5.17. The quantitative estimate of drug-likeness (QED) is 0.769. The molecule has 1 aliphatic rings. The first-order valence-electron chi connectivity index (χ1n) is 9.12. The number of amides is 2. The number of benzene rings is 1. The van der Waals surface area contributed by atoms with E-state index in [1.807, 2.05) is 18.2 Å². The molecule has 144 valence electrons. The van der Waals surface area contributed by atoms with Gasteiger partial charge < -0.3 is 19.8 Å². The highest BCUT2D eigenvalue weighted by Crippen LogP contribution is 2.10. The number of nitrogens with one attached hydrogen (secondary N) is 2. The Bertz CT molecular complexity index is 733. The summed E-state index contributed by atoms with van der Waals surface area (Å²) in [4.78, 5) is 26.5. The van der Waals surface area contributed by atoms with Gasteiger partial charge in [-0.05, 0) is 24.6 Å². The van der Waals surface area contributed by atoms with Crippen molar-refractivity contribution in [2.24, 2.45) is 0 Å². The normalized spacial score (nSPS) is 18.6. The monoisotopic (exact) mass is 371 g/mol. The molecule has 3 rings (SSSR count). The summed E-state index contributed by atoms with van der Waals surface area (Å²) in [5.41, 5.74) is 1.26. The first-order valence-corrected chi connectivity index (χ1v) is 9.12. The Morgan fingerprint density at radius 3 is 2.78 bits per heavy atom. The Kier molecular flexibility index (Phi) is 6.62. The molecule has 27 heavy (non-hydrogen) atoms. The zero-order valence-electron chi connectivity index (χ0n) is 15.4. The lowest BCUT2D eigenvalue weighted by Gasteiger charge is -2.33. The molecule has 7 heteroatoms. The van der Waals surface area contributed by atoms with Crippen LogP contribution in [0.4, 0.5) is 0 Å². The van der Waals surface area contributed by atoms with Crippen LogP contribution >= 0.6 is 0 Å². The third-order valence-corrected chi connectivity index (χ3v) is 4.46. The second-order valence-corrected chi connectivity index (χ2v) is 6.63. The van der Waals surface area contributed by atoms with E-state index in [2.05, 4.69) is 27.7 Å². The van der Waals surface area contributed by atoms with E-state index in [1.165, 1.54) is 11.8 Å². The fourth-order valence-electron chi connectivity index (χ4n) is 3.00. The molecule has 2 N–H and O–H groups in total. The van der Waals surface area contributed by atoms with Crippen molar-refractivity contribution in [1.29, 1.82) is 0 Å². The van der Waals surface area contributed by atoms with Crippen LogP contribution in [0.1, 0.15) is 23.0 Å². The van der Waals surface area contributed by atoms with Crippen molar-refractivity contribution in [2.45, 2.75) is 25.6 Å². The maximum Gasteiger partial charge on any atom is 0.287 e. The number of furan rings is 1. The summed E-state index contributed by atoms with van der Waals surface area (Å²) in [6.07, 6.45) is 1.35. The maximum absolute atomic E-state index is 12.2. The van der Waals surface area contributed by atoms with Gasteiger partial charge in [0.25, 0.3) is 5.91 Å². The van der Waals surface area contributed by atoms with Crippen LogP contribution in [-0.4, -0.2) is 55.1 Å². The Labute approximate surface area is 158 Å². The van der Waals surface area contributed by atoms with Gasteiger partial charge in [-0.2, -0.15) is 0 Å². The summed E-state index contributed by atoms with van der Waals surface area (Å²) in [5.74, 6) is -0.480. The molecule has 1 fully saturated rings. The molecule has 2 amide bonds. The van der Waals surface area contributed by atoms with Crippen molar-refractivity contribution in [3.05, 3.63) is 60.1 Å². The summed E-state index contributed by atoms with van der Waals surface area (Å²) in [5, 5.41) is 5.47. The Morgan fingerprint density at radius 1 is 1.22 bits per heavy atom. The third-order valence-electron chi connectivity index (χ3n) is 4.46. The van der Waals surface area contributed by atoms with Crippen LogP contribution in [0.5, 0.6) is 0 Å². The van der Waals surface area contributed by atoms with Gasteiger partial charge in [0.1, 0.15) is 6.04 Å². The minimum atomic E-state index is -0.661. The van der Waals surface area contributed by atoms with E-state index in [0.717, 1.165) is 19.6 Å². The van der Waals surface area contributed by atoms with Gasteiger partial charge in [-0.15, -0.1) is 0 Å². The van der Waals surface area contributed by atoms with Crippen LogP contribution in [0.3, 0.4) is 0 Å². The van der Waals surface area contributed by atoms with E-state index in [0.29, 0.717) is 13.2 Å². The molecule has 0 spiro atoms. The summed E-state index contributed by atoms with van der Waals surface area (Å²) in [7, 11) is 0. The number of ether oxygens (including phenoxy) is 1. The van der Waals surface area contributed by atoms with E-state index < -0.39 is 11.9 Å². The van der Waals surface area contributed by atoms with Crippen molar-refractivity contribution < 1.29 is 18.7 Å². The fraction of sp³-hybridized carbons (Fsp3) is 0.400. The van der Waals surface area contributed by atoms with E-state index in [-0.39, 0.29) is 17.8 Å². The lowest BCUT2D eigenvalue weighted by Crippen LogP contribution is -2.50. The number of carbonyl (C=O) groups is 2. The Balaban J connectivity index is 1.42. The number of hydrogen-bond acceptors (Lipinski definition) is 5. The number of nitrogens with zero attached hydrogens (tertiary/aromatic N) is 1. The van der Waals surface area contributed by atoms with Crippen LogP contribution < -0.4 is 10.6 Å². The molecule has 2 atom stereocenters. The highest BCUT2D eigenvalue weighted by Gasteiger charge is 2.23. The predicted octanol–water partition coefficient (Wildman–Crippen LogP) is 1.42. The first-order chi connectivity index (χ1) is 13.1.